The predicted octanol–water partition coefficient (Wildman–Crippen LogP) is 2.42. The lowest BCUT2D eigenvalue weighted by atomic mass is 10.1. The fraction of sp³-hybridized carbons (Fsp3) is 0.375. The van der Waals surface area contributed by atoms with Gasteiger partial charge in [-0.3, -0.25) is 14.7 Å². The summed E-state index contributed by atoms with van der Waals surface area (Å²) in [5.41, 5.74) is 1.23. The summed E-state index contributed by atoms with van der Waals surface area (Å²) in [5.74, 6) is -0.469. The minimum Gasteiger partial charge on any atom is -0.382 e. The molecule has 0 aliphatic heterocycles. The average Bonchev–Trinajstić information content (AvgIpc) is 2.53. The Bertz CT molecular complexity index is 716. The van der Waals surface area contributed by atoms with Crippen molar-refractivity contribution in [3.05, 3.63) is 36.5 Å². The second-order valence-corrected chi connectivity index (χ2v) is 5.54. The summed E-state index contributed by atoms with van der Waals surface area (Å²) in [6.07, 6.45) is -5.59. The average molecular weight is 341 g/mol. The number of amides is 1. The Labute approximate surface area is 137 Å². The van der Waals surface area contributed by atoms with Gasteiger partial charge in [0.1, 0.15) is 0 Å². The number of hydrogen-bond acceptors (Lipinski definition) is 4. The highest BCUT2D eigenvalue weighted by molar-refractivity contribution is 6.02. The molecule has 1 heterocycles. The van der Waals surface area contributed by atoms with Crippen LogP contribution in [0.1, 0.15) is 6.92 Å². The molecule has 2 rings (SSSR count). The quantitative estimate of drug-likeness (QED) is 0.877. The molecule has 0 saturated heterocycles. The Kier molecular flexibility index (Phi) is 5.40. The molecule has 24 heavy (non-hydrogen) atoms. The van der Waals surface area contributed by atoms with E-state index in [1.165, 1.54) is 14.0 Å². The zero-order valence-electron chi connectivity index (χ0n) is 13.2. The van der Waals surface area contributed by atoms with Crippen molar-refractivity contribution in [3.63, 3.8) is 0 Å². The molecule has 1 amide bonds. The van der Waals surface area contributed by atoms with Crippen LogP contribution < -0.4 is 5.32 Å². The highest BCUT2D eigenvalue weighted by atomic mass is 19.4. The van der Waals surface area contributed by atoms with E-state index in [0.29, 0.717) is 11.2 Å². The topological polar surface area (TPSA) is 65.5 Å². The largest absolute Gasteiger partial charge is 0.415 e. The van der Waals surface area contributed by atoms with Gasteiger partial charge in [-0.25, -0.2) is 0 Å². The second kappa shape index (κ2) is 7.14. The van der Waals surface area contributed by atoms with Crippen LogP contribution in [0.2, 0.25) is 0 Å². The molecule has 1 aromatic heterocycles. The van der Waals surface area contributed by atoms with Crippen molar-refractivity contribution >= 4 is 22.5 Å². The van der Waals surface area contributed by atoms with E-state index in [1.807, 2.05) is 0 Å². The Balaban J connectivity index is 2.08. The van der Waals surface area contributed by atoms with Gasteiger partial charge < -0.3 is 10.4 Å². The molecular weight excluding hydrogens is 323 g/mol. The van der Waals surface area contributed by atoms with Gasteiger partial charge in [-0.05, 0) is 38.2 Å². The second-order valence-electron chi connectivity index (χ2n) is 5.54. The number of pyridine rings is 1. The fourth-order valence-corrected chi connectivity index (χ4v) is 2.18. The number of aliphatic hydroxyl groups excluding tert-OH is 1. The normalized spacial score (nSPS) is 14.6. The summed E-state index contributed by atoms with van der Waals surface area (Å²) in [6, 6.07) is 7.88. The molecule has 2 aromatic rings. The van der Waals surface area contributed by atoms with Crippen molar-refractivity contribution in [2.24, 2.45) is 0 Å². The van der Waals surface area contributed by atoms with E-state index in [-0.39, 0.29) is 0 Å². The number of benzene rings is 1. The number of likely N-dealkylation sites (N-methyl/N-ethyl adjacent to an activating group) is 1. The van der Waals surface area contributed by atoms with Crippen molar-refractivity contribution in [1.29, 1.82) is 0 Å². The summed E-state index contributed by atoms with van der Waals surface area (Å²) in [5, 5.41) is 12.5. The third-order valence-corrected chi connectivity index (χ3v) is 3.78. The first-order valence-corrected chi connectivity index (χ1v) is 7.30. The molecule has 1 aromatic carbocycles. The number of alkyl halides is 3. The zero-order chi connectivity index (χ0) is 17.9. The van der Waals surface area contributed by atoms with Crippen LogP contribution in [0.5, 0.6) is 0 Å². The van der Waals surface area contributed by atoms with Crippen LogP contribution >= 0.6 is 0 Å². The van der Waals surface area contributed by atoms with E-state index < -0.39 is 30.8 Å². The van der Waals surface area contributed by atoms with E-state index in [9.17, 15) is 18.0 Å². The highest BCUT2D eigenvalue weighted by Gasteiger charge is 2.39. The number of rotatable bonds is 5. The number of carbonyl (C=O) groups excluding carboxylic acids is 1. The minimum atomic E-state index is -4.72. The Morgan fingerprint density at radius 3 is 2.71 bits per heavy atom. The van der Waals surface area contributed by atoms with Crippen molar-refractivity contribution in [1.82, 2.24) is 9.88 Å². The molecular formula is C16H18F3N3O2. The lowest BCUT2D eigenvalue weighted by Crippen LogP contribution is -2.46. The van der Waals surface area contributed by atoms with E-state index in [0.717, 1.165) is 10.3 Å². The molecule has 2 atom stereocenters. The van der Waals surface area contributed by atoms with Crippen molar-refractivity contribution in [3.8, 4) is 0 Å². The van der Waals surface area contributed by atoms with Gasteiger partial charge in [-0.2, -0.15) is 13.2 Å². The fourth-order valence-electron chi connectivity index (χ4n) is 2.18. The maximum Gasteiger partial charge on any atom is 0.415 e. The number of hydrogen-bond donors (Lipinski definition) is 2. The van der Waals surface area contributed by atoms with E-state index in [2.05, 4.69) is 10.3 Å². The van der Waals surface area contributed by atoms with Gasteiger partial charge in [0.05, 0.1) is 17.2 Å². The molecule has 8 heteroatoms. The lowest BCUT2D eigenvalue weighted by molar-refractivity contribution is -0.208. The van der Waals surface area contributed by atoms with Gasteiger partial charge >= 0.3 is 6.18 Å². The van der Waals surface area contributed by atoms with E-state index in [4.69, 9.17) is 5.11 Å². The molecule has 0 spiro atoms. The smallest absolute Gasteiger partial charge is 0.382 e. The number of nitrogens with zero attached hydrogens (tertiary/aromatic N) is 2. The van der Waals surface area contributed by atoms with Crippen LogP contribution in [0.4, 0.5) is 18.9 Å². The third-order valence-electron chi connectivity index (χ3n) is 3.78. The van der Waals surface area contributed by atoms with E-state index in [1.54, 1.807) is 36.5 Å². The number of nitrogens with one attached hydrogen (secondary N) is 1. The predicted molar refractivity (Wildman–Crippen MR) is 84.5 cm³/mol. The third kappa shape index (κ3) is 4.21. The van der Waals surface area contributed by atoms with Crippen molar-refractivity contribution in [2.75, 3.05) is 18.9 Å². The van der Waals surface area contributed by atoms with Crippen LogP contribution in [-0.4, -0.2) is 52.8 Å². The summed E-state index contributed by atoms with van der Waals surface area (Å²) in [6.45, 7) is 0.789. The Morgan fingerprint density at radius 1 is 1.33 bits per heavy atom. The number of aromatic nitrogens is 1. The number of fused-ring (bicyclic) bond motifs is 1. The number of anilines is 1. The SMILES string of the molecule is CC(C(=O)Nc1cccc2ncccc12)N(C)CC(O)C(F)(F)F. The van der Waals surface area contributed by atoms with Gasteiger partial charge in [0.2, 0.25) is 5.91 Å². The molecule has 0 saturated carbocycles. The van der Waals surface area contributed by atoms with Gasteiger partial charge in [-0.15, -0.1) is 0 Å². The summed E-state index contributed by atoms with van der Waals surface area (Å²) in [4.78, 5) is 17.6. The van der Waals surface area contributed by atoms with Gasteiger partial charge in [0, 0.05) is 18.1 Å². The van der Waals surface area contributed by atoms with Gasteiger partial charge in [0.15, 0.2) is 6.10 Å². The maximum absolute atomic E-state index is 12.4. The first-order chi connectivity index (χ1) is 11.2. The van der Waals surface area contributed by atoms with Gasteiger partial charge in [0.25, 0.3) is 0 Å². The molecule has 130 valence electrons. The molecule has 0 radical (unpaired) electrons. The van der Waals surface area contributed by atoms with Crippen LogP contribution in [0.15, 0.2) is 36.5 Å². The molecule has 5 nitrogen and oxygen atoms in total. The van der Waals surface area contributed by atoms with Crippen LogP contribution in [-0.2, 0) is 4.79 Å². The summed E-state index contributed by atoms with van der Waals surface area (Å²) >= 11 is 0. The zero-order valence-corrected chi connectivity index (χ0v) is 13.2. The number of carbonyl (C=O) groups is 1. The molecule has 0 bridgehead atoms. The van der Waals surface area contributed by atoms with Crippen molar-refractivity contribution in [2.45, 2.75) is 25.2 Å². The first kappa shape index (κ1) is 18.2. The van der Waals surface area contributed by atoms with Crippen molar-refractivity contribution < 1.29 is 23.1 Å². The number of halogens is 3. The first-order valence-electron chi connectivity index (χ1n) is 7.30. The summed E-state index contributed by atoms with van der Waals surface area (Å²) in [7, 11) is 1.35. The lowest BCUT2D eigenvalue weighted by Gasteiger charge is -2.27. The Morgan fingerprint density at radius 2 is 2.04 bits per heavy atom. The summed E-state index contributed by atoms with van der Waals surface area (Å²) < 4.78 is 37.2. The molecule has 2 N–H and O–H groups in total. The van der Waals surface area contributed by atoms with Gasteiger partial charge in [-0.1, -0.05) is 6.07 Å². The number of aliphatic hydroxyl groups is 1. The van der Waals surface area contributed by atoms with Crippen LogP contribution in [0.3, 0.4) is 0 Å². The molecule has 0 fully saturated rings. The molecule has 0 aliphatic rings. The highest BCUT2D eigenvalue weighted by Crippen LogP contribution is 2.23. The van der Waals surface area contributed by atoms with Crippen LogP contribution in [0.25, 0.3) is 10.9 Å². The van der Waals surface area contributed by atoms with E-state index >= 15 is 0 Å². The minimum absolute atomic E-state index is 0.469. The molecule has 0 aliphatic carbocycles. The monoisotopic (exact) mass is 341 g/mol. The standard InChI is InChI=1S/C16H18F3N3O2/c1-10(22(2)9-14(23)16(17,18)19)15(24)21-13-7-3-6-12-11(13)5-4-8-20-12/h3-8,10,14,23H,9H2,1-2H3,(H,21,24). The molecule has 2 unspecified atom stereocenters. The van der Waals surface area contributed by atoms with Crippen LogP contribution in [0, 0.1) is 0 Å². The Hall–Kier alpha value is -2.19. The maximum atomic E-state index is 12.4.